The van der Waals surface area contributed by atoms with Gasteiger partial charge in [-0.05, 0) is 18.6 Å². The minimum absolute atomic E-state index is 0.0933. The molecule has 0 fully saturated rings. The molecule has 0 spiro atoms. The lowest BCUT2D eigenvalue weighted by molar-refractivity contribution is -0.607. The summed E-state index contributed by atoms with van der Waals surface area (Å²) in [6, 6.07) is 21.2. The second-order valence-corrected chi connectivity index (χ2v) is 7.34. The van der Waals surface area contributed by atoms with Crippen molar-refractivity contribution in [3.8, 4) is 5.69 Å². The molecule has 0 bridgehead atoms. The fraction of sp³-hybridized carbons (Fsp3) is 0.136. The van der Waals surface area contributed by atoms with E-state index in [0.717, 1.165) is 36.0 Å². The third-order valence-corrected chi connectivity index (χ3v) is 5.47. The molecule has 134 valence electrons. The number of rotatable bonds is 4. The number of aryl methyl sites for hydroxylation is 2. The number of benzene rings is 2. The number of anilines is 1. The van der Waals surface area contributed by atoms with Gasteiger partial charge in [-0.25, -0.2) is 0 Å². The molecule has 4 rings (SSSR count). The highest BCUT2D eigenvalue weighted by molar-refractivity contribution is 8.14. The highest BCUT2D eigenvalue weighted by Crippen LogP contribution is 2.22. The topological polar surface area (TPSA) is 50.1 Å². The standard InChI is InChI=1S/C22H18N2O2S/c25-21(15-27-22(26)16-6-2-1-3-7-16)23-18-10-12-20-17(14-18)9-11-19-8-4-5-13-24(19)20/h1-8,10,12-14H,9,11,15H2/p+1. The summed E-state index contributed by atoms with van der Waals surface area (Å²) >= 11 is 1.02. The van der Waals surface area contributed by atoms with Crippen molar-refractivity contribution in [3.63, 3.8) is 0 Å². The maximum Gasteiger partial charge on any atom is 0.234 e. The molecule has 1 aromatic heterocycles. The van der Waals surface area contributed by atoms with Crippen molar-refractivity contribution in [2.45, 2.75) is 12.8 Å². The van der Waals surface area contributed by atoms with Gasteiger partial charge >= 0.3 is 0 Å². The number of hydrogen-bond acceptors (Lipinski definition) is 3. The number of carbonyl (C=O) groups is 2. The summed E-state index contributed by atoms with van der Waals surface area (Å²) in [4.78, 5) is 24.3. The summed E-state index contributed by atoms with van der Waals surface area (Å²) in [5, 5.41) is 2.81. The molecule has 27 heavy (non-hydrogen) atoms. The average Bonchev–Trinajstić information content (AvgIpc) is 2.72. The lowest BCUT2D eigenvalue weighted by Gasteiger charge is -2.14. The molecule has 1 aliphatic heterocycles. The number of hydrogen-bond donors (Lipinski definition) is 1. The zero-order chi connectivity index (χ0) is 18.6. The normalized spacial score (nSPS) is 12.0. The number of carbonyl (C=O) groups excluding carboxylic acids is 2. The van der Waals surface area contributed by atoms with Crippen LogP contribution in [0.3, 0.4) is 0 Å². The van der Waals surface area contributed by atoms with Crippen molar-refractivity contribution in [2.75, 3.05) is 11.1 Å². The van der Waals surface area contributed by atoms with Crippen LogP contribution in [0.4, 0.5) is 5.69 Å². The van der Waals surface area contributed by atoms with E-state index in [9.17, 15) is 9.59 Å². The zero-order valence-electron chi connectivity index (χ0n) is 14.7. The molecule has 0 saturated heterocycles. The Bertz CT molecular complexity index is 1000. The second-order valence-electron chi connectivity index (χ2n) is 6.40. The van der Waals surface area contributed by atoms with E-state index in [2.05, 4.69) is 28.2 Å². The third-order valence-electron chi connectivity index (χ3n) is 4.56. The molecule has 2 heterocycles. The number of aromatic nitrogens is 1. The van der Waals surface area contributed by atoms with E-state index in [0.29, 0.717) is 5.56 Å². The summed E-state index contributed by atoms with van der Waals surface area (Å²) in [6.07, 6.45) is 3.99. The average molecular weight is 375 g/mol. The molecular formula is C22H19N2O2S+. The quantitative estimate of drug-likeness (QED) is 0.709. The first kappa shape index (κ1) is 17.5. The van der Waals surface area contributed by atoms with Gasteiger partial charge in [0.25, 0.3) is 0 Å². The Hall–Kier alpha value is -2.92. The van der Waals surface area contributed by atoms with Crippen LogP contribution in [0.5, 0.6) is 0 Å². The first-order chi connectivity index (χ1) is 13.2. The summed E-state index contributed by atoms with van der Waals surface area (Å²) < 4.78 is 2.19. The maximum atomic E-state index is 12.2. The van der Waals surface area contributed by atoms with Gasteiger partial charge in [0.15, 0.2) is 11.9 Å². The number of amides is 1. The minimum Gasteiger partial charge on any atom is -0.325 e. The Morgan fingerprint density at radius 1 is 0.963 bits per heavy atom. The van der Waals surface area contributed by atoms with Gasteiger partial charge in [-0.15, -0.1) is 0 Å². The number of fused-ring (bicyclic) bond motifs is 3. The SMILES string of the molecule is O=C(CSC(=O)c1ccccc1)Nc1ccc2c(c1)CCc1cccc[n+]1-2. The highest BCUT2D eigenvalue weighted by Gasteiger charge is 2.23. The first-order valence-electron chi connectivity index (χ1n) is 8.85. The van der Waals surface area contributed by atoms with Crippen LogP contribution in [0.15, 0.2) is 72.9 Å². The Morgan fingerprint density at radius 3 is 2.63 bits per heavy atom. The van der Waals surface area contributed by atoms with E-state index < -0.39 is 0 Å². The van der Waals surface area contributed by atoms with Crippen LogP contribution in [-0.2, 0) is 17.6 Å². The Kier molecular flexibility index (Phi) is 5.03. The highest BCUT2D eigenvalue weighted by atomic mass is 32.2. The molecule has 0 aliphatic carbocycles. The van der Waals surface area contributed by atoms with Crippen LogP contribution in [0.2, 0.25) is 0 Å². The van der Waals surface area contributed by atoms with Gasteiger partial charge in [0.1, 0.15) is 0 Å². The van der Waals surface area contributed by atoms with Crippen molar-refractivity contribution in [2.24, 2.45) is 0 Å². The van der Waals surface area contributed by atoms with Gasteiger partial charge in [0.2, 0.25) is 16.7 Å². The molecular weight excluding hydrogens is 356 g/mol. The molecule has 3 aromatic rings. The van der Waals surface area contributed by atoms with Gasteiger partial charge in [0, 0.05) is 41.4 Å². The molecule has 0 unspecified atom stereocenters. The molecule has 1 N–H and O–H groups in total. The van der Waals surface area contributed by atoms with Crippen molar-refractivity contribution in [3.05, 3.63) is 89.7 Å². The van der Waals surface area contributed by atoms with Crippen LogP contribution in [0, 0.1) is 0 Å². The molecule has 2 aromatic carbocycles. The van der Waals surface area contributed by atoms with E-state index in [4.69, 9.17) is 0 Å². The zero-order valence-corrected chi connectivity index (χ0v) is 15.5. The number of thioether (sulfide) groups is 1. The molecule has 5 heteroatoms. The Morgan fingerprint density at radius 2 is 1.78 bits per heavy atom. The van der Waals surface area contributed by atoms with Gasteiger partial charge < -0.3 is 5.32 Å². The van der Waals surface area contributed by atoms with E-state index in [1.165, 1.54) is 11.3 Å². The maximum absolute atomic E-state index is 12.2. The third kappa shape index (κ3) is 3.93. The fourth-order valence-electron chi connectivity index (χ4n) is 3.26. The molecule has 1 aliphatic rings. The predicted molar refractivity (Wildman–Crippen MR) is 107 cm³/mol. The molecule has 1 amide bonds. The van der Waals surface area contributed by atoms with Crippen LogP contribution < -0.4 is 9.88 Å². The van der Waals surface area contributed by atoms with Gasteiger partial charge in [-0.1, -0.05) is 48.2 Å². The van der Waals surface area contributed by atoms with Crippen molar-refractivity contribution < 1.29 is 14.2 Å². The van der Waals surface area contributed by atoms with Crippen LogP contribution in [-0.4, -0.2) is 16.8 Å². The predicted octanol–water partition coefficient (Wildman–Crippen LogP) is 3.57. The smallest absolute Gasteiger partial charge is 0.234 e. The Balaban J connectivity index is 1.40. The van der Waals surface area contributed by atoms with E-state index in [1.54, 1.807) is 12.1 Å². The van der Waals surface area contributed by atoms with E-state index in [1.807, 2.05) is 42.5 Å². The molecule has 4 nitrogen and oxygen atoms in total. The van der Waals surface area contributed by atoms with Crippen LogP contribution >= 0.6 is 11.8 Å². The minimum atomic E-state index is -0.173. The van der Waals surface area contributed by atoms with Crippen molar-refractivity contribution in [1.29, 1.82) is 0 Å². The van der Waals surface area contributed by atoms with E-state index >= 15 is 0 Å². The Labute approximate surface area is 162 Å². The summed E-state index contributed by atoms with van der Waals surface area (Å²) in [5.74, 6) is -0.0735. The lowest BCUT2D eigenvalue weighted by Crippen LogP contribution is -2.39. The van der Waals surface area contributed by atoms with E-state index in [-0.39, 0.29) is 16.8 Å². The second kappa shape index (κ2) is 7.76. The number of nitrogens with one attached hydrogen (secondary N) is 1. The molecule has 0 atom stereocenters. The monoisotopic (exact) mass is 375 g/mol. The largest absolute Gasteiger partial charge is 0.325 e. The summed E-state index contributed by atoms with van der Waals surface area (Å²) in [6.45, 7) is 0. The number of nitrogens with zero attached hydrogens (tertiary/aromatic N) is 1. The fourth-order valence-corrected chi connectivity index (χ4v) is 3.90. The van der Waals surface area contributed by atoms with Gasteiger partial charge in [-0.3, -0.25) is 9.59 Å². The number of pyridine rings is 1. The van der Waals surface area contributed by atoms with Gasteiger partial charge in [-0.2, -0.15) is 4.57 Å². The summed E-state index contributed by atoms with van der Waals surface area (Å²) in [7, 11) is 0. The van der Waals surface area contributed by atoms with Crippen LogP contribution in [0.25, 0.3) is 5.69 Å². The molecule has 0 radical (unpaired) electrons. The van der Waals surface area contributed by atoms with Gasteiger partial charge in [0.05, 0.1) is 5.75 Å². The lowest BCUT2D eigenvalue weighted by atomic mass is 10.00. The van der Waals surface area contributed by atoms with Crippen molar-refractivity contribution in [1.82, 2.24) is 0 Å². The molecule has 0 saturated carbocycles. The van der Waals surface area contributed by atoms with Crippen molar-refractivity contribution >= 4 is 28.5 Å². The summed E-state index contributed by atoms with van der Waals surface area (Å²) in [5.41, 5.74) is 5.04. The first-order valence-corrected chi connectivity index (χ1v) is 9.84. The van der Waals surface area contributed by atoms with Crippen LogP contribution in [0.1, 0.15) is 21.6 Å².